The van der Waals surface area contributed by atoms with Crippen molar-refractivity contribution < 1.29 is 9.21 Å². The third-order valence-electron chi connectivity index (χ3n) is 4.92. The number of furan rings is 1. The monoisotopic (exact) mass is 546 g/mol. The Morgan fingerprint density at radius 3 is 2.74 bits per heavy atom. The minimum absolute atomic E-state index is 0.0657. The van der Waals surface area contributed by atoms with Crippen LogP contribution < -0.4 is 5.32 Å². The zero-order chi connectivity index (χ0) is 22.0. The van der Waals surface area contributed by atoms with Crippen molar-refractivity contribution in [1.29, 1.82) is 0 Å². The van der Waals surface area contributed by atoms with Crippen LogP contribution in [0.3, 0.4) is 0 Å². The van der Waals surface area contributed by atoms with E-state index in [1.54, 1.807) is 0 Å². The van der Waals surface area contributed by atoms with E-state index in [0.717, 1.165) is 25.8 Å². The molecule has 0 atom stereocenters. The Morgan fingerprint density at radius 2 is 2.00 bits per heavy atom. The van der Waals surface area contributed by atoms with Crippen LogP contribution in [0.2, 0.25) is 0 Å². The number of amides is 1. The van der Waals surface area contributed by atoms with Crippen LogP contribution in [0.5, 0.6) is 0 Å². The van der Waals surface area contributed by atoms with Gasteiger partial charge in [0.2, 0.25) is 11.7 Å². The molecule has 4 rings (SSSR count). The first-order valence-corrected chi connectivity index (χ1v) is 12.2. The van der Waals surface area contributed by atoms with E-state index in [1.807, 2.05) is 54.0 Å². The van der Waals surface area contributed by atoms with Gasteiger partial charge < -0.3 is 9.73 Å². The average Bonchev–Trinajstić information content (AvgIpc) is 3.36. The van der Waals surface area contributed by atoms with Crippen LogP contribution in [0.4, 0.5) is 5.69 Å². The van der Waals surface area contributed by atoms with Gasteiger partial charge in [-0.1, -0.05) is 43.8 Å². The van der Waals surface area contributed by atoms with Crippen LogP contribution in [-0.2, 0) is 11.3 Å². The van der Waals surface area contributed by atoms with Gasteiger partial charge >= 0.3 is 0 Å². The molecule has 0 unspecified atom stereocenters. The standard InChI is InChI=1S/C23H23IN4O2S/c1-4-28-22(20-11-15-7-5-6-8-19(15)30-20)26-27-23(28)31-13-21(29)25-18-10-9-16(24)12-17(18)14(2)3/h5-12,14H,4,13H2,1-3H3,(H,25,29). The highest BCUT2D eigenvalue weighted by molar-refractivity contribution is 14.1. The molecule has 31 heavy (non-hydrogen) atoms. The second-order valence-corrected chi connectivity index (χ2v) is 9.61. The summed E-state index contributed by atoms with van der Waals surface area (Å²) in [4.78, 5) is 12.6. The van der Waals surface area contributed by atoms with Gasteiger partial charge in [0.25, 0.3) is 0 Å². The zero-order valence-corrected chi connectivity index (χ0v) is 20.5. The van der Waals surface area contributed by atoms with Crippen molar-refractivity contribution in [3.8, 4) is 11.6 Å². The number of aromatic nitrogens is 3. The lowest BCUT2D eigenvalue weighted by Crippen LogP contribution is -2.16. The first kappa shape index (κ1) is 21.9. The van der Waals surface area contributed by atoms with Gasteiger partial charge in [0, 0.05) is 21.2 Å². The minimum Gasteiger partial charge on any atom is -0.453 e. The number of benzene rings is 2. The van der Waals surface area contributed by atoms with Crippen LogP contribution in [0, 0.1) is 3.57 Å². The Morgan fingerprint density at radius 1 is 1.19 bits per heavy atom. The molecule has 0 saturated carbocycles. The first-order chi connectivity index (χ1) is 15.0. The maximum Gasteiger partial charge on any atom is 0.234 e. The number of nitrogens with zero attached hydrogens (tertiary/aromatic N) is 3. The average molecular weight is 546 g/mol. The molecule has 4 aromatic rings. The molecular weight excluding hydrogens is 523 g/mol. The highest BCUT2D eigenvalue weighted by Gasteiger charge is 2.18. The second-order valence-electron chi connectivity index (χ2n) is 7.42. The van der Waals surface area contributed by atoms with Gasteiger partial charge in [-0.3, -0.25) is 9.36 Å². The summed E-state index contributed by atoms with van der Waals surface area (Å²) < 4.78 is 9.07. The van der Waals surface area contributed by atoms with E-state index >= 15 is 0 Å². The molecule has 2 heterocycles. The van der Waals surface area contributed by atoms with Crippen molar-refractivity contribution in [2.75, 3.05) is 11.1 Å². The maximum atomic E-state index is 12.6. The summed E-state index contributed by atoms with van der Waals surface area (Å²) in [5, 5.41) is 13.4. The Kier molecular flexibility index (Phi) is 6.66. The highest BCUT2D eigenvalue weighted by atomic mass is 127. The van der Waals surface area contributed by atoms with Crippen molar-refractivity contribution in [3.05, 3.63) is 57.7 Å². The van der Waals surface area contributed by atoms with E-state index in [9.17, 15) is 4.79 Å². The quantitative estimate of drug-likeness (QED) is 0.222. The van der Waals surface area contributed by atoms with Crippen molar-refractivity contribution in [2.24, 2.45) is 0 Å². The molecule has 2 aromatic heterocycles. The third kappa shape index (κ3) is 4.79. The molecule has 1 amide bonds. The van der Waals surface area contributed by atoms with E-state index < -0.39 is 0 Å². The molecule has 0 radical (unpaired) electrons. The van der Waals surface area contributed by atoms with E-state index in [1.165, 1.54) is 11.8 Å². The molecule has 6 nitrogen and oxygen atoms in total. The summed E-state index contributed by atoms with van der Waals surface area (Å²) in [6, 6.07) is 15.9. The van der Waals surface area contributed by atoms with Crippen molar-refractivity contribution >= 4 is 56.9 Å². The lowest BCUT2D eigenvalue weighted by molar-refractivity contribution is -0.113. The lowest BCUT2D eigenvalue weighted by Gasteiger charge is -2.14. The van der Waals surface area contributed by atoms with Crippen LogP contribution >= 0.6 is 34.4 Å². The number of nitrogens with one attached hydrogen (secondary N) is 1. The van der Waals surface area contributed by atoms with Gasteiger partial charge in [0.05, 0.1) is 5.75 Å². The number of anilines is 1. The molecule has 0 aliphatic rings. The smallest absolute Gasteiger partial charge is 0.234 e. The Hall–Kier alpha value is -2.33. The molecule has 0 saturated heterocycles. The first-order valence-electron chi connectivity index (χ1n) is 10.1. The summed E-state index contributed by atoms with van der Waals surface area (Å²) >= 11 is 3.66. The molecule has 160 valence electrons. The molecule has 0 spiro atoms. The van der Waals surface area contributed by atoms with Gasteiger partial charge in [0.1, 0.15) is 5.58 Å². The van der Waals surface area contributed by atoms with Crippen LogP contribution in [0.1, 0.15) is 32.3 Å². The van der Waals surface area contributed by atoms with E-state index in [-0.39, 0.29) is 11.7 Å². The van der Waals surface area contributed by atoms with E-state index in [2.05, 4.69) is 58.0 Å². The van der Waals surface area contributed by atoms with E-state index in [0.29, 0.717) is 29.2 Å². The molecule has 0 aliphatic heterocycles. The van der Waals surface area contributed by atoms with Gasteiger partial charge in [-0.25, -0.2) is 0 Å². The molecule has 1 N–H and O–H groups in total. The van der Waals surface area contributed by atoms with Crippen molar-refractivity contribution in [1.82, 2.24) is 14.8 Å². The highest BCUT2D eigenvalue weighted by Crippen LogP contribution is 2.30. The Labute approximate surface area is 198 Å². The number of fused-ring (bicyclic) bond motifs is 1. The molecule has 0 aliphatic carbocycles. The molecule has 0 bridgehead atoms. The second kappa shape index (κ2) is 9.44. The Balaban J connectivity index is 1.49. The summed E-state index contributed by atoms with van der Waals surface area (Å²) in [5.41, 5.74) is 2.81. The van der Waals surface area contributed by atoms with Crippen LogP contribution in [-0.4, -0.2) is 26.4 Å². The number of thioether (sulfide) groups is 1. The topological polar surface area (TPSA) is 73.0 Å². The molecule has 2 aromatic carbocycles. The lowest BCUT2D eigenvalue weighted by atomic mass is 10.0. The van der Waals surface area contributed by atoms with Crippen molar-refractivity contribution in [2.45, 2.75) is 38.4 Å². The summed E-state index contributed by atoms with van der Waals surface area (Å²) in [7, 11) is 0. The van der Waals surface area contributed by atoms with Gasteiger partial charge in [0.15, 0.2) is 10.9 Å². The number of hydrogen-bond acceptors (Lipinski definition) is 5. The number of carbonyl (C=O) groups excluding carboxylic acids is 1. The fourth-order valence-corrected chi connectivity index (χ4v) is 4.71. The number of carbonyl (C=O) groups is 1. The SMILES string of the molecule is CCn1c(SCC(=O)Nc2ccc(I)cc2C(C)C)nnc1-c1cc2ccccc2o1. The number of para-hydroxylation sites is 1. The summed E-state index contributed by atoms with van der Waals surface area (Å²) in [6.45, 7) is 6.95. The summed E-state index contributed by atoms with van der Waals surface area (Å²) in [5.74, 6) is 1.85. The minimum atomic E-state index is -0.0657. The largest absolute Gasteiger partial charge is 0.453 e. The number of hydrogen-bond donors (Lipinski definition) is 1. The van der Waals surface area contributed by atoms with Gasteiger partial charge in [-0.15, -0.1) is 10.2 Å². The molecular formula is C23H23IN4O2S. The zero-order valence-electron chi connectivity index (χ0n) is 17.6. The fraction of sp³-hybridized carbons (Fsp3) is 0.261. The normalized spacial score (nSPS) is 11.4. The molecule has 8 heteroatoms. The predicted octanol–water partition coefficient (Wildman–Crippen LogP) is 6.17. The van der Waals surface area contributed by atoms with Crippen LogP contribution in [0.25, 0.3) is 22.6 Å². The molecule has 0 fully saturated rings. The van der Waals surface area contributed by atoms with Gasteiger partial charge in [-0.05, 0) is 71.3 Å². The van der Waals surface area contributed by atoms with Gasteiger partial charge in [-0.2, -0.15) is 0 Å². The number of halogens is 1. The Bertz CT molecular complexity index is 1200. The maximum absolute atomic E-state index is 12.6. The van der Waals surface area contributed by atoms with Crippen LogP contribution in [0.15, 0.2) is 58.1 Å². The van der Waals surface area contributed by atoms with E-state index in [4.69, 9.17) is 4.42 Å². The number of rotatable bonds is 7. The summed E-state index contributed by atoms with van der Waals surface area (Å²) in [6.07, 6.45) is 0. The third-order valence-corrected chi connectivity index (χ3v) is 6.56. The predicted molar refractivity (Wildman–Crippen MR) is 134 cm³/mol. The fourth-order valence-electron chi connectivity index (χ4n) is 3.40. The van der Waals surface area contributed by atoms with Crippen molar-refractivity contribution in [3.63, 3.8) is 0 Å².